The van der Waals surface area contributed by atoms with Crippen LogP contribution in [0.5, 0.6) is 0 Å². The lowest BCUT2D eigenvalue weighted by Gasteiger charge is -2.31. The number of hydrogen-bond acceptors (Lipinski definition) is 6. The number of halogens is 3. The Bertz CT molecular complexity index is 2060. The zero-order valence-electron chi connectivity index (χ0n) is 22.5. The number of carbonyl (C=O) groups is 3. The number of thioether (sulfide) groups is 1. The van der Waals surface area contributed by atoms with Gasteiger partial charge in [-0.1, -0.05) is 94.8 Å². The van der Waals surface area contributed by atoms with Gasteiger partial charge in [0, 0.05) is 21.9 Å². The van der Waals surface area contributed by atoms with Crippen LogP contribution in [0.3, 0.4) is 0 Å². The van der Waals surface area contributed by atoms with Gasteiger partial charge in [0.05, 0.1) is 26.7 Å². The van der Waals surface area contributed by atoms with Gasteiger partial charge in [0.25, 0.3) is 0 Å². The number of imide groups is 1. The lowest BCUT2D eigenvalue weighted by molar-refractivity contribution is -0.122. The molecule has 220 valence electrons. The molecule has 12 heteroatoms. The van der Waals surface area contributed by atoms with Gasteiger partial charge in [-0.2, -0.15) is 0 Å². The van der Waals surface area contributed by atoms with E-state index in [-0.39, 0.29) is 22.3 Å². The SMILES string of the molecule is O=C(Cn1c2c(sc1=O)[C@H](c1cccc(Cl)c1Cl)C1C(=O)N(c3ccc(F)cc3)C(=O)C1S2)Nc1cccc2ccccc12. The van der Waals surface area contributed by atoms with Crippen LogP contribution in [0.15, 0.2) is 94.7 Å². The summed E-state index contributed by atoms with van der Waals surface area (Å²) in [6.07, 6.45) is 0. The third kappa shape index (κ3) is 4.73. The minimum absolute atomic E-state index is 0.206. The van der Waals surface area contributed by atoms with Gasteiger partial charge in [-0.15, -0.1) is 0 Å². The first-order valence-electron chi connectivity index (χ1n) is 13.5. The smallest absolute Gasteiger partial charge is 0.308 e. The molecule has 0 saturated carbocycles. The number of aromatic nitrogens is 1. The minimum Gasteiger partial charge on any atom is -0.324 e. The van der Waals surface area contributed by atoms with Gasteiger partial charge in [0.2, 0.25) is 17.7 Å². The first kappa shape index (κ1) is 28.8. The van der Waals surface area contributed by atoms with Gasteiger partial charge in [-0.05, 0) is 47.3 Å². The second-order valence-electron chi connectivity index (χ2n) is 10.4. The molecule has 1 fully saturated rings. The Labute approximate surface area is 268 Å². The molecule has 0 aliphatic carbocycles. The van der Waals surface area contributed by atoms with Crippen molar-refractivity contribution in [2.24, 2.45) is 5.92 Å². The van der Waals surface area contributed by atoms with E-state index in [1.165, 1.54) is 28.8 Å². The second-order valence-corrected chi connectivity index (χ2v) is 13.3. The van der Waals surface area contributed by atoms with Crippen molar-refractivity contribution in [1.82, 2.24) is 4.57 Å². The Hall–Kier alpha value is -3.96. The van der Waals surface area contributed by atoms with Crippen LogP contribution in [0.2, 0.25) is 10.0 Å². The zero-order chi connectivity index (χ0) is 30.7. The fraction of sp³-hybridized carbons (Fsp3) is 0.125. The van der Waals surface area contributed by atoms with Crippen molar-refractivity contribution in [3.63, 3.8) is 0 Å². The molecule has 2 unspecified atom stereocenters. The number of amides is 3. The van der Waals surface area contributed by atoms with Crippen molar-refractivity contribution in [1.29, 1.82) is 0 Å². The van der Waals surface area contributed by atoms with Crippen molar-refractivity contribution < 1.29 is 18.8 Å². The summed E-state index contributed by atoms with van der Waals surface area (Å²) in [7, 11) is 0. The first-order chi connectivity index (χ1) is 21.2. The van der Waals surface area contributed by atoms with E-state index in [2.05, 4.69) is 5.32 Å². The molecule has 44 heavy (non-hydrogen) atoms. The van der Waals surface area contributed by atoms with Gasteiger partial charge in [0.1, 0.15) is 17.6 Å². The van der Waals surface area contributed by atoms with Crippen molar-refractivity contribution in [2.75, 3.05) is 10.2 Å². The fourth-order valence-electron chi connectivity index (χ4n) is 5.86. The minimum atomic E-state index is -0.929. The Morgan fingerprint density at radius 1 is 0.886 bits per heavy atom. The van der Waals surface area contributed by atoms with Gasteiger partial charge < -0.3 is 5.32 Å². The Morgan fingerprint density at radius 3 is 2.41 bits per heavy atom. The van der Waals surface area contributed by atoms with Crippen molar-refractivity contribution in [3.05, 3.63) is 121 Å². The average Bonchev–Trinajstić information content (AvgIpc) is 3.45. The van der Waals surface area contributed by atoms with E-state index in [1.807, 2.05) is 36.4 Å². The number of thiazole rings is 1. The van der Waals surface area contributed by atoms with Crippen molar-refractivity contribution >= 4 is 86.2 Å². The highest BCUT2D eigenvalue weighted by Crippen LogP contribution is 2.55. The highest BCUT2D eigenvalue weighted by Gasteiger charge is 2.57. The molecule has 7 nitrogen and oxygen atoms in total. The number of hydrogen-bond donors (Lipinski definition) is 1. The first-order valence-corrected chi connectivity index (χ1v) is 15.9. The zero-order valence-corrected chi connectivity index (χ0v) is 25.6. The summed E-state index contributed by atoms with van der Waals surface area (Å²) in [6.45, 7) is -0.307. The van der Waals surface area contributed by atoms with Crippen LogP contribution in [0.25, 0.3) is 10.8 Å². The van der Waals surface area contributed by atoms with Crippen LogP contribution < -0.4 is 15.1 Å². The highest BCUT2D eigenvalue weighted by molar-refractivity contribution is 8.00. The van der Waals surface area contributed by atoms with E-state index in [1.54, 1.807) is 24.3 Å². The van der Waals surface area contributed by atoms with Crippen LogP contribution in [-0.4, -0.2) is 27.5 Å². The number of fused-ring (bicyclic) bond motifs is 3. The van der Waals surface area contributed by atoms with E-state index in [0.717, 1.165) is 38.8 Å². The molecule has 4 aromatic carbocycles. The van der Waals surface area contributed by atoms with Crippen LogP contribution in [0, 0.1) is 11.7 Å². The number of anilines is 2. The maximum atomic E-state index is 14.0. The predicted octanol–water partition coefficient (Wildman–Crippen LogP) is 6.94. The molecule has 1 aromatic heterocycles. The fourth-order valence-corrected chi connectivity index (χ4v) is 9.05. The van der Waals surface area contributed by atoms with Gasteiger partial charge in [0.15, 0.2) is 0 Å². The van der Waals surface area contributed by atoms with E-state index in [9.17, 15) is 23.6 Å². The number of nitrogens with zero attached hydrogens (tertiary/aromatic N) is 2. The molecule has 3 atom stereocenters. The van der Waals surface area contributed by atoms with Crippen molar-refractivity contribution in [2.45, 2.75) is 22.7 Å². The van der Waals surface area contributed by atoms with Crippen LogP contribution in [0.1, 0.15) is 16.4 Å². The van der Waals surface area contributed by atoms with Gasteiger partial charge >= 0.3 is 4.87 Å². The molecule has 2 aliphatic heterocycles. The summed E-state index contributed by atoms with van der Waals surface area (Å²) in [5, 5.41) is 4.67. The number of nitrogens with one attached hydrogen (secondary N) is 1. The lowest BCUT2D eigenvalue weighted by atomic mass is 9.83. The average molecular weight is 665 g/mol. The molecule has 3 heterocycles. The highest BCUT2D eigenvalue weighted by atomic mass is 35.5. The molecule has 0 spiro atoms. The largest absolute Gasteiger partial charge is 0.324 e. The van der Waals surface area contributed by atoms with Crippen molar-refractivity contribution in [3.8, 4) is 0 Å². The second kappa shape index (κ2) is 11.2. The molecule has 1 N–H and O–H groups in total. The normalized spacial score (nSPS) is 19.2. The molecule has 2 aliphatic rings. The summed E-state index contributed by atoms with van der Waals surface area (Å²) in [6, 6.07) is 23.3. The number of benzene rings is 4. The quantitative estimate of drug-likeness (QED) is 0.206. The number of carbonyl (C=O) groups excluding carboxylic acids is 3. The summed E-state index contributed by atoms with van der Waals surface area (Å²) >= 11 is 15.0. The Balaban J connectivity index is 1.30. The van der Waals surface area contributed by atoms with Gasteiger partial charge in [-0.3, -0.25) is 23.7 Å². The Morgan fingerprint density at radius 2 is 1.61 bits per heavy atom. The standard InChI is InChI=1S/C32H20Cl2FN3O4S2/c33-21-9-4-8-20(26(21)34)24-25-27(30(41)38(29(25)40)18-13-11-17(35)12-14-18)43-31-28(24)44-32(42)37(31)15-23(39)36-22-10-3-6-16-5-1-2-7-19(16)22/h1-14,24-25,27H,15H2,(H,36,39)/t24-,25?,27?/m1/s1. The van der Waals surface area contributed by atoms with Gasteiger partial charge in [-0.25, -0.2) is 9.29 Å². The molecule has 0 bridgehead atoms. The third-order valence-corrected chi connectivity index (χ3v) is 11.3. The summed E-state index contributed by atoms with van der Waals surface area (Å²) in [4.78, 5) is 55.8. The summed E-state index contributed by atoms with van der Waals surface area (Å²) in [5.74, 6) is -3.63. The Kier molecular flexibility index (Phi) is 7.32. The van der Waals surface area contributed by atoms with E-state index in [0.29, 0.717) is 21.2 Å². The molecular formula is C32H20Cl2FN3O4S2. The summed E-state index contributed by atoms with van der Waals surface area (Å²) < 4.78 is 15.0. The maximum Gasteiger partial charge on any atom is 0.308 e. The predicted molar refractivity (Wildman–Crippen MR) is 171 cm³/mol. The summed E-state index contributed by atoms with van der Waals surface area (Å²) in [5.41, 5.74) is 1.34. The maximum absolute atomic E-state index is 14.0. The molecule has 7 rings (SSSR count). The lowest BCUT2D eigenvalue weighted by Crippen LogP contribution is -2.33. The van der Waals surface area contributed by atoms with Crippen LogP contribution >= 0.6 is 46.3 Å². The number of rotatable bonds is 5. The van der Waals surface area contributed by atoms with E-state index >= 15 is 0 Å². The van der Waals surface area contributed by atoms with E-state index in [4.69, 9.17) is 23.2 Å². The molecule has 0 radical (unpaired) electrons. The van der Waals surface area contributed by atoms with E-state index < -0.39 is 45.5 Å². The molecule has 1 saturated heterocycles. The topological polar surface area (TPSA) is 88.5 Å². The monoisotopic (exact) mass is 663 g/mol. The molecule has 3 amide bonds. The molecule has 5 aromatic rings. The van der Waals surface area contributed by atoms with Crippen LogP contribution in [0.4, 0.5) is 15.8 Å². The van der Waals surface area contributed by atoms with Crippen LogP contribution in [-0.2, 0) is 20.9 Å². The molecular weight excluding hydrogens is 644 g/mol. The third-order valence-electron chi connectivity index (χ3n) is 7.82.